The Labute approximate surface area is 493 Å². The van der Waals surface area contributed by atoms with Crippen LogP contribution in [0, 0.1) is 13.2 Å². The van der Waals surface area contributed by atoms with Gasteiger partial charge in [-0.3, -0.25) is 13.7 Å². The van der Waals surface area contributed by atoms with Gasteiger partial charge in [-0.1, -0.05) is 217 Å². The molecule has 0 amide bonds. The van der Waals surface area contributed by atoms with Crippen LogP contribution in [0.4, 0.5) is 0 Å². The van der Waals surface area contributed by atoms with E-state index in [0.717, 1.165) is 38.5 Å². The van der Waals surface area contributed by atoms with Crippen molar-refractivity contribution in [3.63, 3.8) is 0 Å². The van der Waals surface area contributed by atoms with Gasteiger partial charge in [-0.2, -0.15) is 0 Å². The van der Waals surface area contributed by atoms with Gasteiger partial charge in [-0.25, -0.2) is 4.98 Å². The van der Waals surface area contributed by atoms with Crippen molar-refractivity contribution in [1.82, 2.24) is 14.1 Å². The first-order valence-electron chi connectivity index (χ1n) is 35.7. The van der Waals surface area contributed by atoms with Gasteiger partial charge >= 0.3 is 0 Å². The molecule has 0 saturated heterocycles. The van der Waals surface area contributed by atoms with Gasteiger partial charge in [0, 0.05) is 49.2 Å². The number of nitrogens with zero attached hydrogens (tertiary/aromatic N) is 4. The molecule has 0 atom stereocenters. The van der Waals surface area contributed by atoms with Crippen molar-refractivity contribution in [3.05, 3.63) is 222 Å². The van der Waals surface area contributed by atoms with E-state index < -0.39 is 97.2 Å². The molecule has 11 aromatic rings. The van der Waals surface area contributed by atoms with Gasteiger partial charge in [-0.15, -0.1) is 0 Å². The number of para-hydroxylation sites is 4. The Morgan fingerprint density at radius 1 is 0.557 bits per heavy atom. The number of hydrogen-bond acceptors (Lipinski definition) is 2. The lowest BCUT2D eigenvalue weighted by atomic mass is 9.78. The number of aromatic nitrogens is 4. The molecule has 0 bridgehead atoms. The van der Waals surface area contributed by atoms with Crippen molar-refractivity contribution in [3.8, 4) is 62.1 Å². The van der Waals surface area contributed by atoms with Gasteiger partial charge in [0.2, 0.25) is 0 Å². The van der Waals surface area contributed by atoms with E-state index in [1.54, 1.807) is 39.6 Å². The van der Waals surface area contributed by atoms with Crippen LogP contribution in [0.1, 0.15) is 154 Å². The molecule has 1 aliphatic rings. The van der Waals surface area contributed by atoms with Gasteiger partial charge in [0.05, 0.1) is 37.6 Å². The Balaban J connectivity index is 1.06. The minimum atomic E-state index is -3.69. The second-order valence-corrected chi connectivity index (χ2v) is 24.3. The molecule has 79 heavy (non-hydrogen) atoms. The number of imidazole rings is 1. The smallest absolute Gasteiger partial charge is 0.269 e. The first-order chi connectivity index (χ1) is 44.9. The van der Waals surface area contributed by atoms with E-state index in [0.29, 0.717) is 56.2 Å². The highest BCUT2D eigenvalue weighted by Gasteiger charge is 2.42. The number of pyridine rings is 1. The summed E-state index contributed by atoms with van der Waals surface area (Å²) in [5.74, 6) is 1.25. The third-order valence-corrected chi connectivity index (χ3v) is 15.4. The molecule has 0 saturated carbocycles. The Bertz CT molecular complexity index is 4920. The van der Waals surface area contributed by atoms with E-state index in [-0.39, 0.29) is 22.2 Å². The minimum Gasteiger partial charge on any atom is -0.458 e. The minimum absolute atomic E-state index is 0.0354. The van der Waals surface area contributed by atoms with Gasteiger partial charge in [0.15, 0.2) is 0 Å². The summed E-state index contributed by atoms with van der Waals surface area (Å²) in [6.07, 6.45) is 3.69. The van der Waals surface area contributed by atoms with Gasteiger partial charge in [0.25, 0.3) is 6.33 Å². The number of aryl methyl sites for hydroxylation is 1. The van der Waals surface area contributed by atoms with Crippen LogP contribution < -0.4 is 9.30 Å². The summed E-state index contributed by atoms with van der Waals surface area (Å²) >= 11 is 0. The Morgan fingerprint density at radius 3 is 1.94 bits per heavy atom. The van der Waals surface area contributed by atoms with E-state index >= 15 is 0 Å². The summed E-state index contributed by atoms with van der Waals surface area (Å²) in [4.78, 5) is 4.97. The highest BCUT2D eigenvalue weighted by molar-refractivity contribution is 6.09. The van der Waals surface area contributed by atoms with Crippen LogP contribution >= 0.6 is 0 Å². The van der Waals surface area contributed by atoms with Crippen LogP contribution in [-0.2, 0) is 27.1 Å². The zero-order valence-electron chi connectivity index (χ0n) is 64.0. The molecule has 396 valence electrons. The molecule has 5 nitrogen and oxygen atoms in total. The normalized spacial score (nSPS) is 18.5. The fourth-order valence-electron chi connectivity index (χ4n) is 11.1. The molecule has 0 aliphatic heterocycles. The highest BCUT2D eigenvalue weighted by atomic mass is 16.5. The average Bonchev–Trinajstić information content (AvgIpc) is 1.50. The molecule has 0 radical (unpaired) electrons. The molecular formula is C74H74N4O. The van der Waals surface area contributed by atoms with E-state index in [1.807, 2.05) is 132 Å². The largest absolute Gasteiger partial charge is 0.458 e. The summed E-state index contributed by atoms with van der Waals surface area (Å²) in [7, 11) is 0. The lowest BCUT2D eigenvalue weighted by Crippen LogP contribution is -2.31. The highest BCUT2D eigenvalue weighted by Crippen LogP contribution is 2.51. The maximum absolute atomic E-state index is 10.3. The van der Waals surface area contributed by atoms with E-state index in [4.69, 9.17) is 30.3 Å². The van der Waals surface area contributed by atoms with Crippen LogP contribution in [0.25, 0.3) is 83.4 Å². The third-order valence-electron chi connectivity index (χ3n) is 15.4. The van der Waals surface area contributed by atoms with Gasteiger partial charge < -0.3 is 4.74 Å². The van der Waals surface area contributed by atoms with Crippen LogP contribution in [-0.4, -0.2) is 14.1 Å². The fourth-order valence-corrected chi connectivity index (χ4v) is 11.1. The third kappa shape index (κ3) is 9.25. The van der Waals surface area contributed by atoms with E-state index in [9.17, 15) is 4.11 Å². The summed E-state index contributed by atoms with van der Waals surface area (Å²) < 4.78 is 176. The SMILES string of the molecule is [2H]c1c([2H])c2c(c([2H])c1-c1cccc(-c3cc(C(C)(C)C)cc(C(C)(C)C)c3)c1-[n+]1[c-]n(-c3cccc(Oc4ccc5c6ccccc6n(-c6cc(C([2H])([2H])[2H])c(-c7cccc(C(C)(C)C)c7)cn6)c5c4)c3)c3ccccc31)C(C([2H])([2H])[2H])(C([2H])([2H])[2H])CC2(C([2H])([2H])[2H])C([2H])([2H])[2H]. The quantitative estimate of drug-likeness (QED) is 0.112. The van der Waals surface area contributed by atoms with Gasteiger partial charge in [-0.05, 0) is 144 Å². The average molecular weight is 1050 g/mol. The maximum atomic E-state index is 10.3. The first-order valence-corrected chi connectivity index (χ1v) is 26.7. The molecular weight excluding hydrogens is 961 g/mol. The summed E-state index contributed by atoms with van der Waals surface area (Å²) in [6.45, 7) is 1.65. The maximum Gasteiger partial charge on any atom is 0.269 e. The Hall–Kier alpha value is -8.02. The van der Waals surface area contributed by atoms with Crippen molar-refractivity contribution < 1.29 is 34.0 Å². The molecule has 3 heterocycles. The summed E-state index contributed by atoms with van der Waals surface area (Å²) in [5, 5.41) is 1.78. The molecule has 0 unspecified atom stereocenters. The van der Waals surface area contributed by atoms with Crippen molar-refractivity contribution in [2.24, 2.45) is 0 Å². The van der Waals surface area contributed by atoms with Crippen molar-refractivity contribution in [1.29, 1.82) is 0 Å². The van der Waals surface area contributed by atoms with Crippen molar-refractivity contribution >= 4 is 32.8 Å². The number of fused-ring (bicyclic) bond motifs is 5. The Kier molecular flexibility index (Phi) is 8.17. The molecule has 3 aromatic heterocycles. The molecule has 8 aromatic carbocycles. The van der Waals surface area contributed by atoms with Crippen molar-refractivity contribution in [2.75, 3.05) is 0 Å². The number of ether oxygens (including phenoxy) is 1. The molecule has 0 fully saturated rings. The van der Waals surface area contributed by atoms with Crippen LogP contribution in [0.5, 0.6) is 11.5 Å². The van der Waals surface area contributed by atoms with Crippen LogP contribution in [0.3, 0.4) is 0 Å². The number of benzene rings is 8. The second-order valence-electron chi connectivity index (χ2n) is 24.3. The number of rotatable bonds is 8. The van der Waals surface area contributed by atoms with Gasteiger partial charge in [0.1, 0.15) is 17.3 Å². The lowest BCUT2D eigenvalue weighted by Gasteiger charge is -2.27. The number of hydrogen-bond donors (Lipinski definition) is 0. The van der Waals surface area contributed by atoms with E-state index in [1.165, 1.54) is 0 Å². The van der Waals surface area contributed by atoms with Crippen molar-refractivity contribution in [2.45, 2.75) is 130 Å². The lowest BCUT2D eigenvalue weighted by molar-refractivity contribution is -0.571. The van der Waals surface area contributed by atoms with E-state index in [2.05, 4.69) is 74.7 Å². The molecule has 12 rings (SSSR count). The van der Waals surface area contributed by atoms with Crippen LogP contribution in [0.2, 0.25) is 0 Å². The monoisotopic (exact) mass is 1050 g/mol. The Morgan fingerprint density at radius 2 is 1.20 bits per heavy atom. The second kappa shape index (κ2) is 18.5. The zero-order valence-corrected chi connectivity index (χ0v) is 46.0. The van der Waals surface area contributed by atoms with Crippen LogP contribution in [0.15, 0.2) is 182 Å². The predicted octanol–water partition coefficient (Wildman–Crippen LogP) is 19.2. The molecule has 1 aliphatic carbocycles. The standard InChI is InChI=1S/C74H74N4O/c1-47-36-68(75-44-61(47)48-22-19-23-51(37-48)70(2,3)4)78-64-29-16-15-26-59(64)60-34-33-56(43-67(60)78)79-55-25-20-24-54(42-55)76-46-77(66-31-18-17-30-65(66)76)69-57(49-32-35-62-63(40-49)74(13,14)45-73(62,11)12)27-21-28-58(69)50-38-52(71(5,6)7)41-53(39-50)72(8,9)10/h15-44H,45H2,1-14H3/i1D3,11D3,12D3,13D3,14D3,32D,35D,40D. The topological polar surface area (TPSA) is 35.9 Å². The summed E-state index contributed by atoms with van der Waals surface area (Å²) in [6, 6.07) is 46.3. The summed E-state index contributed by atoms with van der Waals surface area (Å²) in [5.41, 5.74) is -0.933. The predicted molar refractivity (Wildman–Crippen MR) is 330 cm³/mol. The first kappa shape index (κ1) is 34.8. The fraction of sp³-hybridized carbons (Fsp3) is 0.270. The molecule has 5 heteroatoms. The zero-order chi connectivity index (χ0) is 70.7. The molecule has 0 spiro atoms. The molecule has 0 N–H and O–H groups in total.